The van der Waals surface area contributed by atoms with Crippen LogP contribution < -0.4 is 9.46 Å². The summed E-state index contributed by atoms with van der Waals surface area (Å²) in [6, 6.07) is 5.17. The summed E-state index contributed by atoms with van der Waals surface area (Å²) in [6.45, 7) is 4.31. The van der Waals surface area contributed by atoms with Crippen molar-refractivity contribution in [2.24, 2.45) is 5.92 Å². The number of aryl methyl sites for hydroxylation is 1. The van der Waals surface area contributed by atoms with Crippen molar-refractivity contribution in [3.05, 3.63) is 23.8 Å². The Bertz CT molecular complexity index is 572. The van der Waals surface area contributed by atoms with Gasteiger partial charge in [0.25, 0.3) is 0 Å². The van der Waals surface area contributed by atoms with E-state index in [1.165, 1.54) is 7.11 Å². The number of hydrogen-bond donors (Lipinski definition) is 1. The molecule has 1 aromatic carbocycles. The van der Waals surface area contributed by atoms with Crippen molar-refractivity contribution in [3.8, 4) is 5.75 Å². The van der Waals surface area contributed by atoms with Gasteiger partial charge in [-0.1, -0.05) is 6.07 Å². The van der Waals surface area contributed by atoms with Crippen LogP contribution in [0.2, 0.25) is 0 Å². The number of ether oxygens (including phenoxy) is 1. The Kier molecular flexibility index (Phi) is 4.67. The molecule has 1 atom stereocenters. The van der Waals surface area contributed by atoms with Crippen molar-refractivity contribution in [1.29, 1.82) is 0 Å². The molecule has 0 aromatic heterocycles. The molecule has 20 heavy (non-hydrogen) atoms. The lowest BCUT2D eigenvalue weighted by molar-refractivity contribution is 0.393. The minimum absolute atomic E-state index is 0.214. The van der Waals surface area contributed by atoms with Crippen molar-refractivity contribution in [2.45, 2.75) is 18.2 Å². The van der Waals surface area contributed by atoms with Crippen LogP contribution in [0, 0.1) is 12.8 Å². The Balaban J connectivity index is 2.12. The molecule has 2 rings (SSSR count). The first-order valence-electron chi connectivity index (χ1n) is 6.75. The van der Waals surface area contributed by atoms with Gasteiger partial charge in [-0.15, -0.1) is 0 Å². The zero-order chi connectivity index (χ0) is 14.8. The van der Waals surface area contributed by atoms with E-state index in [1.54, 1.807) is 12.1 Å². The van der Waals surface area contributed by atoms with Gasteiger partial charge in [0.15, 0.2) is 0 Å². The summed E-state index contributed by atoms with van der Waals surface area (Å²) in [5.74, 6) is 0.761. The van der Waals surface area contributed by atoms with Gasteiger partial charge in [0.05, 0.1) is 7.11 Å². The monoisotopic (exact) mass is 298 g/mol. The number of sulfonamides is 1. The zero-order valence-corrected chi connectivity index (χ0v) is 13.0. The minimum Gasteiger partial charge on any atom is -0.495 e. The third-order valence-electron chi connectivity index (χ3n) is 3.66. The Hall–Kier alpha value is -1.11. The molecule has 5 nitrogen and oxygen atoms in total. The lowest BCUT2D eigenvalue weighted by atomic mass is 10.1. The molecular weight excluding hydrogens is 276 g/mol. The van der Waals surface area contributed by atoms with Crippen LogP contribution in [0.5, 0.6) is 5.75 Å². The van der Waals surface area contributed by atoms with Gasteiger partial charge in [0.2, 0.25) is 10.0 Å². The Morgan fingerprint density at radius 2 is 2.20 bits per heavy atom. The van der Waals surface area contributed by atoms with Gasteiger partial charge in [-0.25, -0.2) is 13.1 Å². The van der Waals surface area contributed by atoms with Crippen LogP contribution in [-0.4, -0.2) is 47.1 Å². The number of rotatable bonds is 5. The fourth-order valence-corrected chi connectivity index (χ4v) is 3.86. The molecule has 1 saturated heterocycles. The normalized spacial score (nSPS) is 20.2. The zero-order valence-electron chi connectivity index (χ0n) is 12.2. The molecule has 1 aliphatic rings. The molecule has 1 fully saturated rings. The maximum Gasteiger partial charge on any atom is 0.244 e. The number of methoxy groups -OCH3 is 1. The van der Waals surface area contributed by atoms with Crippen LogP contribution in [0.15, 0.2) is 23.1 Å². The topological polar surface area (TPSA) is 58.6 Å². The van der Waals surface area contributed by atoms with Gasteiger partial charge in [-0.05, 0) is 50.6 Å². The summed E-state index contributed by atoms with van der Waals surface area (Å²) in [7, 11) is 0.0114. The van der Waals surface area contributed by atoms with E-state index < -0.39 is 10.0 Å². The summed E-state index contributed by atoms with van der Waals surface area (Å²) in [5.41, 5.74) is 0.895. The van der Waals surface area contributed by atoms with E-state index in [4.69, 9.17) is 4.74 Å². The molecule has 1 aliphatic heterocycles. The Labute approximate surface area is 121 Å². The van der Waals surface area contributed by atoms with Gasteiger partial charge >= 0.3 is 0 Å². The van der Waals surface area contributed by atoms with E-state index in [1.807, 2.05) is 13.0 Å². The first kappa shape index (κ1) is 15.3. The maximum atomic E-state index is 12.4. The Morgan fingerprint density at radius 3 is 2.80 bits per heavy atom. The number of nitrogens with zero attached hydrogens (tertiary/aromatic N) is 1. The molecule has 0 spiro atoms. The highest BCUT2D eigenvalue weighted by atomic mass is 32.2. The average molecular weight is 298 g/mol. The third kappa shape index (κ3) is 3.50. The molecule has 0 amide bonds. The van der Waals surface area contributed by atoms with Crippen LogP contribution >= 0.6 is 0 Å². The van der Waals surface area contributed by atoms with Crippen LogP contribution in [-0.2, 0) is 10.0 Å². The van der Waals surface area contributed by atoms with Crippen LogP contribution in [0.1, 0.15) is 12.0 Å². The lowest BCUT2D eigenvalue weighted by Crippen LogP contribution is -2.30. The lowest BCUT2D eigenvalue weighted by Gasteiger charge is -2.14. The number of benzene rings is 1. The second-order valence-electron chi connectivity index (χ2n) is 5.42. The quantitative estimate of drug-likeness (QED) is 0.888. The Morgan fingerprint density at radius 1 is 1.45 bits per heavy atom. The third-order valence-corrected chi connectivity index (χ3v) is 5.10. The van der Waals surface area contributed by atoms with E-state index in [0.717, 1.165) is 25.1 Å². The number of likely N-dealkylation sites (tertiary alicyclic amines) is 1. The highest BCUT2D eigenvalue weighted by Crippen LogP contribution is 2.25. The predicted molar refractivity (Wildman–Crippen MR) is 78.5 cm³/mol. The van der Waals surface area contributed by atoms with Crippen molar-refractivity contribution < 1.29 is 13.2 Å². The van der Waals surface area contributed by atoms with Gasteiger partial charge in [-0.3, -0.25) is 0 Å². The van der Waals surface area contributed by atoms with E-state index >= 15 is 0 Å². The van der Waals surface area contributed by atoms with Crippen molar-refractivity contribution in [3.63, 3.8) is 0 Å². The molecule has 0 saturated carbocycles. The molecule has 6 heteroatoms. The molecule has 112 valence electrons. The SMILES string of the molecule is COc1ccc(C)cc1S(=O)(=O)NCC1CCN(C)C1. The molecule has 1 N–H and O–H groups in total. The van der Waals surface area contributed by atoms with E-state index in [-0.39, 0.29) is 4.90 Å². The molecular formula is C14H22N2O3S. The summed E-state index contributed by atoms with van der Waals surface area (Å²) in [6.07, 6.45) is 1.03. The summed E-state index contributed by atoms with van der Waals surface area (Å²) >= 11 is 0. The number of hydrogen-bond acceptors (Lipinski definition) is 4. The molecule has 1 unspecified atom stereocenters. The van der Waals surface area contributed by atoms with Crippen LogP contribution in [0.25, 0.3) is 0 Å². The average Bonchev–Trinajstić information content (AvgIpc) is 2.82. The second kappa shape index (κ2) is 6.11. The minimum atomic E-state index is -3.52. The molecule has 0 bridgehead atoms. The van der Waals surface area contributed by atoms with E-state index in [0.29, 0.717) is 18.2 Å². The van der Waals surface area contributed by atoms with Crippen LogP contribution in [0.4, 0.5) is 0 Å². The van der Waals surface area contributed by atoms with Crippen molar-refractivity contribution in [1.82, 2.24) is 9.62 Å². The molecule has 0 aliphatic carbocycles. The standard InChI is InChI=1S/C14H22N2O3S/c1-11-4-5-13(19-3)14(8-11)20(17,18)15-9-12-6-7-16(2)10-12/h4-5,8,12,15H,6-7,9-10H2,1-3H3. The van der Waals surface area contributed by atoms with Gasteiger partial charge in [0.1, 0.15) is 10.6 Å². The summed E-state index contributed by atoms with van der Waals surface area (Å²) in [4.78, 5) is 2.43. The summed E-state index contributed by atoms with van der Waals surface area (Å²) in [5, 5.41) is 0. The summed E-state index contributed by atoms with van der Waals surface area (Å²) < 4.78 is 32.6. The highest BCUT2D eigenvalue weighted by Gasteiger charge is 2.24. The largest absolute Gasteiger partial charge is 0.495 e. The smallest absolute Gasteiger partial charge is 0.244 e. The van der Waals surface area contributed by atoms with Crippen molar-refractivity contribution >= 4 is 10.0 Å². The molecule has 0 radical (unpaired) electrons. The maximum absolute atomic E-state index is 12.4. The van der Waals surface area contributed by atoms with Gasteiger partial charge in [-0.2, -0.15) is 0 Å². The van der Waals surface area contributed by atoms with Gasteiger partial charge < -0.3 is 9.64 Å². The fraction of sp³-hybridized carbons (Fsp3) is 0.571. The fourth-order valence-electron chi connectivity index (χ4n) is 2.49. The molecule has 1 heterocycles. The van der Waals surface area contributed by atoms with Crippen LogP contribution in [0.3, 0.4) is 0 Å². The van der Waals surface area contributed by atoms with E-state index in [9.17, 15) is 8.42 Å². The highest BCUT2D eigenvalue weighted by molar-refractivity contribution is 7.89. The predicted octanol–water partition coefficient (Wildman–Crippen LogP) is 1.23. The first-order valence-corrected chi connectivity index (χ1v) is 8.23. The second-order valence-corrected chi connectivity index (χ2v) is 7.16. The first-order chi connectivity index (χ1) is 9.42. The molecule has 1 aromatic rings. The van der Waals surface area contributed by atoms with E-state index in [2.05, 4.69) is 16.7 Å². The number of nitrogens with one attached hydrogen (secondary N) is 1. The van der Waals surface area contributed by atoms with Gasteiger partial charge in [0, 0.05) is 13.1 Å². The van der Waals surface area contributed by atoms with Crippen molar-refractivity contribution in [2.75, 3.05) is 33.8 Å².